The first-order chi connectivity index (χ1) is 22.8. The van der Waals surface area contributed by atoms with Crippen LogP contribution in [-0.2, 0) is 0 Å². The highest BCUT2D eigenvalue weighted by Crippen LogP contribution is 2.36. The Balaban J connectivity index is 1.18. The highest BCUT2D eigenvalue weighted by molar-refractivity contribution is 6.14. The second kappa shape index (κ2) is 10.6. The topological polar surface area (TPSA) is 77.3 Å². The van der Waals surface area contributed by atoms with Crippen molar-refractivity contribution in [2.75, 3.05) is 0 Å². The number of pyridine rings is 6. The van der Waals surface area contributed by atoms with Crippen LogP contribution in [-0.4, -0.2) is 29.9 Å². The van der Waals surface area contributed by atoms with E-state index >= 15 is 0 Å². The van der Waals surface area contributed by atoms with Crippen LogP contribution in [0.1, 0.15) is 0 Å². The fraction of sp³-hybridized carbons (Fsp3) is 0. The molecule has 6 heteroatoms. The largest absolute Gasteiger partial charge is 0.255 e. The third kappa shape index (κ3) is 4.43. The van der Waals surface area contributed by atoms with Gasteiger partial charge in [-0.05, 0) is 59.7 Å². The molecule has 0 aliphatic rings. The van der Waals surface area contributed by atoms with E-state index in [1.54, 1.807) is 12.4 Å². The molecule has 6 nitrogen and oxygen atoms in total. The summed E-state index contributed by atoms with van der Waals surface area (Å²) in [5.41, 5.74) is 10.8. The molecule has 0 fully saturated rings. The smallest absolute Gasteiger partial charge is 0.0974 e. The lowest BCUT2D eigenvalue weighted by atomic mass is 9.98. The van der Waals surface area contributed by atoms with Gasteiger partial charge in [-0.1, -0.05) is 78.9 Å². The van der Waals surface area contributed by atoms with Crippen LogP contribution in [0.5, 0.6) is 0 Å². The average molecular weight is 589 g/mol. The Morgan fingerprint density at radius 2 is 1.00 bits per heavy atom. The van der Waals surface area contributed by atoms with Gasteiger partial charge in [-0.2, -0.15) is 0 Å². The molecule has 46 heavy (non-hydrogen) atoms. The SMILES string of the molecule is c1ccc(-c2cc(-c3ccc(-c4nc5cc6ccc7cccnc7c6nc5c5ccccc45)cc3)cc(-c3ccccn3)n2)nc1. The molecular formula is C40H24N6. The monoisotopic (exact) mass is 588 g/mol. The molecule has 0 atom stereocenters. The highest BCUT2D eigenvalue weighted by atomic mass is 14.8. The second-order valence-electron chi connectivity index (χ2n) is 11.2. The first-order valence-electron chi connectivity index (χ1n) is 15.1. The number of rotatable bonds is 4. The van der Waals surface area contributed by atoms with Gasteiger partial charge in [0.05, 0.1) is 50.5 Å². The minimum absolute atomic E-state index is 0.799. The molecule has 9 aromatic rings. The Bertz CT molecular complexity index is 2510. The van der Waals surface area contributed by atoms with E-state index in [0.717, 1.165) is 88.8 Å². The minimum Gasteiger partial charge on any atom is -0.255 e. The highest BCUT2D eigenvalue weighted by Gasteiger charge is 2.15. The maximum Gasteiger partial charge on any atom is 0.0974 e. The molecule has 0 bridgehead atoms. The van der Waals surface area contributed by atoms with E-state index in [4.69, 9.17) is 15.0 Å². The molecule has 214 valence electrons. The molecule has 0 unspecified atom stereocenters. The molecule has 0 saturated heterocycles. The zero-order chi connectivity index (χ0) is 30.5. The standard InChI is InChI=1S/C40H24N6/c1-2-10-31-30(9-1)37(45-36-22-28-18-17-26-8-7-21-43-38(26)39(28)46-40(31)36)27-15-13-25(14-16-27)29-23-34(32-11-3-5-19-41-32)44-35(24-29)33-12-4-6-20-42-33/h1-24H. The summed E-state index contributed by atoms with van der Waals surface area (Å²) in [6, 6.07) is 43.2. The molecule has 6 aromatic heterocycles. The lowest BCUT2D eigenvalue weighted by Gasteiger charge is -2.12. The lowest BCUT2D eigenvalue weighted by Crippen LogP contribution is -1.94. The van der Waals surface area contributed by atoms with Crippen LogP contribution < -0.4 is 0 Å². The van der Waals surface area contributed by atoms with Gasteiger partial charge in [0.2, 0.25) is 0 Å². The first-order valence-corrected chi connectivity index (χ1v) is 15.1. The third-order valence-electron chi connectivity index (χ3n) is 8.38. The molecule has 0 aliphatic carbocycles. The summed E-state index contributed by atoms with van der Waals surface area (Å²) in [7, 11) is 0. The molecule has 0 amide bonds. The summed E-state index contributed by atoms with van der Waals surface area (Å²) in [6.45, 7) is 0. The van der Waals surface area contributed by atoms with Crippen molar-refractivity contribution in [1.82, 2.24) is 29.9 Å². The first kappa shape index (κ1) is 26.0. The molecule has 3 aromatic carbocycles. The van der Waals surface area contributed by atoms with Crippen molar-refractivity contribution in [3.63, 3.8) is 0 Å². The van der Waals surface area contributed by atoms with Gasteiger partial charge in [0.1, 0.15) is 0 Å². The van der Waals surface area contributed by atoms with Crippen LogP contribution in [0.3, 0.4) is 0 Å². The van der Waals surface area contributed by atoms with Gasteiger partial charge < -0.3 is 0 Å². The quantitative estimate of drug-likeness (QED) is 0.151. The van der Waals surface area contributed by atoms with E-state index in [1.165, 1.54) is 0 Å². The van der Waals surface area contributed by atoms with Gasteiger partial charge in [-0.3, -0.25) is 15.0 Å². The Kier molecular flexibility index (Phi) is 6.03. The Hall–Kier alpha value is -6.40. The van der Waals surface area contributed by atoms with E-state index in [9.17, 15) is 0 Å². The van der Waals surface area contributed by atoms with Gasteiger partial charge in [0, 0.05) is 45.7 Å². The average Bonchev–Trinajstić information content (AvgIpc) is 3.14. The molecule has 9 rings (SSSR count). The summed E-state index contributed by atoms with van der Waals surface area (Å²) in [5, 5.41) is 4.22. The summed E-state index contributed by atoms with van der Waals surface area (Å²) in [6.07, 6.45) is 5.40. The lowest BCUT2D eigenvalue weighted by molar-refractivity contribution is 1.22. The van der Waals surface area contributed by atoms with Crippen LogP contribution in [0.25, 0.3) is 88.8 Å². The molecule has 0 spiro atoms. The van der Waals surface area contributed by atoms with E-state index in [1.807, 2.05) is 48.7 Å². The van der Waals surface area contributed by atoms with Crippen molar-refractivity contribution in [2.24, 2.45) is 0 Å². The van der Waals surface area contributed by atoms with Crippen LogP contribution in [0, 0.1) is 0 Å². The van der Waals surface area contributed by atoms with Crippen molar-refractivity contribution in [3.05, 3.63) is 146 Å². The number of hydrogen-bond donors (Lipinski definition) is 0. The molecule has 6 heterocycles. The number of benzene rings is 3. The molecule has 0 radical (unpaired) electrons. The maximum atomic E-state index is 5.20. The Labute approximate surface area is 264 Å². The van der Waals surface area contributed by atoms with E-state index in [2.05, 4.69) is 99.9 Å². The summed E-state index contributed by atoms with van der Waals surface area (Å²) < 4.78 is 0. The minimum atomic E-state index is 0.799. The van der Waals surface area contributed by atoms with Crippen LogP contribution in [0.2, 0.25) is 0 Å². The fourth-order valence-electron chi connectivity index (χ4n) is 6.15. The Morgan fingerprint density at radius 1 is 0.348 bits per heavy atom. The molecule has 0 N–H and O–H groups in total. The normalized spacial score (nSPS) is 11.5. The van der Waals surface area contributed by atoms with Crippen LogP contribution >= 0.6 is 0 Å². The van der Waals surface area contributed by atoms with Crippen molar-refractivity contribution >= 4 is 43.6 Å². The zero-order valence-corrected chi connectivity index (χ0v) is 24.5. The zero-order valence-electron chi connectivity index (χ0n) is 24.5. The van der Waals surface area contributed by atoms with Gasteiger partial charge in [0.15, 0.2) is 0 Å². The molecule has 0 saturated carbocycles. The van der Waals surface area contributed by atoms with Crippen molar-refractivity contribution in [1.29, 1.82) is 0 Å². The predicted molar refractivity (Wildman–Crippen MR) is 185 cm³/mol. The van der Waals surface area contributed by atoms with Gasteiger partial charge in [-0.25, -0.2) is 15.0 Å². The van der Waals surface area contributed by atoms with Crippen molar-refractivity contribution in [3.8, 4) is 45.2 Å². The second-order valence-corrected chi connectivity index (χ2v) is 11.2. The van der Waals surface area contributed by atoms with E-state index in [0.29, 0.717) is 0 Å². The van der Waals surface area contributed by atoms with Crippen LogP contribution in [0.4, 0.5) is 0 Å². The third-order valence-corrected chi connectivity index (χ3v) is 8.38. The number of nitrogens with zero attached hydrogens (tertiary/aromatic N) is 6. The Morgan fingerprint density at radius 3 is 1.72 bits per heavy atom. The van der Waals surface area contributed by atoms with Crippen molar-refractivity contribution in [2.45, 2.75) is 0 Å². The maximum absolute atomic E-state index is 5.20. The van der Waals surface area contributed by atoms with Crippen LogP contribution in [0.15, 0.2) is 146 Å². The molecule has 0 aliphatic heterocycles. The van der Waals surface area contributed by atoms with Gasteiger partial charge >= 0.3 is 0 Å². The van der Waals surface area contributed by atoms with E-state index in [-0.39, 0.29) is 0 Å². The van der Waals surface area contributed by atoms with Crippen molar-refractivity contribution < 1.29 is 0 Å². The summed E-state index contributed by atoms with van der Waals surface area (Å²) in [5.74, 6) is 0. The summed E-state index contributed by atoms with van der Waals surface area (Å²) in [4.78, 5) is 29.0. The van der Waals surface area contributed by atoms with Gasteiger partial charge in [0.25, 0.3) is 0 Å². The molecular weight excluding hydrogens is 564 g/mol. The predicted octanol–water partition coefficient (Wildman–Crippen LogP) is 9.34. The number of aromatic nitrogens is 6. The fourth-order valence-corrected chi connectivity index (χ4v) is 6.15. The number of hydrogen-bond acceptors (Lipinski definition) is 6. The van der Waals surface area contributed by atoms with Gasteiger partial charge in [-0.15, -0.1) is 0 Å². The number of fused-ring (bicyclic) bond motifs is 6. The summed E-state index contributed by atoms with van der Waals surface area (Å²) >= 11 is 0. The van der Waals surface area contributed by atoms with E-state index < -0.39 is 0 Å².